The van der Waals surface area contributed by atoms with Crippen molar-refractivity contribution in [2.45, 2.75) is 20.3 Å². The molecule has 0 aliphatic heterocycles. The van der Waals surface area contributed by atoms with Gasteiger partial charge in [-0.3, -0.25) is 4.79 Å². The molecule has 0 atom stereocenters. The van der Waals surface area contributed by atoms with Crippen molar-refractivity contribution in [3.63, 3.8) is 0 Å². The summed E-state index contributed by atoms with van der Waals surface area (Å²) in [5.74, 6) is 0.615. The predicted molar refractivity (Wildman–Crippen MR) is 88.1 cm³/mol. The molecule has 4 nitrogen and oxygen atoms in total. The van der Waals surface area contributed by atoms with Gasteiger partial charge < -0.3 is 16.0 Å². The Morgan fingerprint density at radius 2 is 2.15 bits per heavy atom. The van der Waals surface area contributed by atoms with E-state index >= 15 is 0 Å². The molecule has 0 heterocycles. The summed E-state index contributed by atoms with van der Waals surface area (Å²) in [6.07, 6.45) is 0.992. The van der Waals surface area contributed by atoms with Gasteiger partial charge in [-0.25, -0.2) is 0 Å². The second-order valence-electron chi connectivity index (χ2n) is 5.30. The molecule has 0 aromatic heterocycles. The maximum absolute atomic E-state index is 11.8. The van der Waals surface area contributed by atoms with Crippen molar-refractivity contribution in [3.05, 3.63) is 29.8 Å². The Hall–Kier alpha value is -1.62. The molecule has 0 saturated heterocycles. The lowest BCUT2D eigenvalue weighted by atomic mass is 10.1. The lowest BCUT2D eigenvalue weighted by molar-refractivity contribution is -0.119. The van der Waals surface area contributed by atoms with Crippen LogP contribution >= 0.6 is 12.2 Å². The van der Waals surface area contributed by atoms with E-state index in [0.717, 1.165) is 24.2 Å². The number of nitrogens with zero attached hydrogens (tertiary/aromatic N) is 1. The fourth-order valence-electron chi connectivity index (χ4n) is 1.76. The fourth-order valence-corrected chi connectivity index (χ4v) is 1.89. The average Bonchev–Trinajstić information content (AvgIpc) is 2.38. The summed E-state index contributed by atoms with van der Waals surface area (Å²) in [5.41, 5.74) is 7.35. The van der Waals surface area contributed by atoms with E-state index in [2.05, 4.69) is 19.2 Å². The molecule has 0 bridgehead atoms. The quantitative estimate of drug-likeness (QED) is 0.754. The molecule has 0 aliphatic rings. The maximum atomic E-state index is 11.8. The number of carbonyl (C=O) groups excluding carboxylic acids is 1. The average molecular weight is 293 g/mol. The SMILES string of the molecule is CC(C)CCNC(=O)CN(C)c1cccc(C(N)=S)c1. The van der Waals surface area contributed by atoms with E-state index < -0.39 is 0 Å². The topological polar surface area (TPSA) is 58.4 Å². The first kappa shape index (κ1) is 16.4. The molecule has 1 amide bonds. The molecule has 0 saturated carbocycles. The third-order valence-electron chi connectivity index (χ3n) is 3.00. The molecule has 1 aromatic rings. The standard InChI is InChI=1S/C15H23N3OS/c1-11(2)7-8-17-14(19)10-18(3)13-6-4-5-12(9-13)15(16)20/h4-6,9,11H,7-8,10H2,1-3H3,(H2,16,20)(H,17,19). The van der Waals surface area contributed by atoms with E-state index in [1.807, 2.05) is 36.2 Å². The van der Waals surface area contributed by atoms with E-state index in [1.54, 1.807) is 0 Å². The van der Waals surface area contributed by atoms with Crippen LogP contribution in [0.25, 0.3) is 0 Å². The maximum Gasteiger partial charge on any atom is 0.239 e. The zero-order valence-corrected chi connectivity index (χ0v) is 13.2. The number of hydrogen-bond acceptors (Lipinski definition) is 3. The molecule has 0 spiro atoms. The highest BCUT2D eigenvalue weighted by Gasteiger charge is 2.08. The number of carbonyl (C=O) groups is 1. The summed E-state index contributed by atoms with van der Waals surface area (Å²) in [5, 5.41) is 2.92. The van der Waals surface area contributed by atoms with Crippen LogP contribution in [-0.2, 0) is 4.79 Å². The number of rotatable bonds is 7. The van der Waals surface area contributed by atoms with Gasteiger partial charge in [0, 0.05) is 24.8 Å². The molecule has 20 heavy (non-hydrogen) atoms. The van der Waals surface area contributed by atoms with Crippen molar-refractivity contribution >= 4 is 28.8 Å². The zero-order chi connectivity index (χ0) is 15.1. The molecule has 0 fully saturated rings. The third kappa shape index (κ3) is 5.57. The number of thiocarbonyl (C=S) groups is 1. The van der Waals surface area contributed by atoms with Crippen LogP contribution < -0.4 is 16.0 Å². The van der Waals surface area contributed by atoms with Crippen LogP contribution in [0.15, 0.2) is 24.3 Å². The number of benzene rings is 1. The summed E-state index contributed by atoms with van der Waals surface area (Å²) in [4.78, 5) is 14.1. The van der Waals surface area contributed by atoms with Gasteiger partial charge in [0.1, 0.15) is 4.99 Å². The van der Waals surface area contributed by atoms with Gasteiger partial charge in [-0.2, -0.15) is 0 Å². The first-order valence-electron chi connectivity index (χ1n) is 6.78. The van der Waals surface area contributed by atoms with E-state index in [-0.39, 0.29) is 5.91 Å². The first-order valence-corrected chi connectivity index (χ1v) is 7.18. The fraction of sp³-hybridized carbons (Fsp3) is 0.467. The Morgan fingerprint density at radius 3 is 2.75 bits per heavy atom. The summed E-state index contributed by atoms with van der Waals surface area (Å²) in [6, 6.07) is 7.58. The summed E-state index contributed by atoms with van der Waals surface area (Å²) in [6.45, 7) is 5.31. The van der Waals surface area contributed by atoms with Gasteiger partial charge in [-0.05, 0) is 24.5 Å². The number of hydrogen-bond donors (Lipinski definition) is 2. The molecule has 0 radical (unpaired) electrons. The molecular weight excluding hydrogens is 270 g/mol. The minimum absolute atomic E-state index is 0.0221. The molecule has 0 unspecified atom stereocenters. The van der Waals surface area contributed by atoms with Crippen molar-refractivity contribution in [1.82, 2.24) is 5.32 Å². The molecule has 5 heteroatoms. The predicted octanol–water partition coefficient (Wildman–Crippen LogP) is 1.92. The highest BCUT2D eigenvalue weighted by Crippen LogP contribution is 2.14. The van der Waals surface area contributed by atoms with Gasteiger partial charge in [0.05, 0.1) is 6.54 Å². The Morgan fingerprint density at radius 1 is 1.45 bits per heavy atom. The smallest absolute Gasteiger partial charge is 0.239 e. The van der Waals surface area contributed by atoms with Crippen molar-refractivity contribution in [2.75, 3.05) is 25.0 Å². The Bertz CT molecular complexity index is 474. The van der Waals surface area contributed by atoms with Crippen LogP contribution in [0.4, 0.5) is 5.69 Å². The second-order valence-corrected chi connectivity index (χ2v) is 5.74. The van der Waals surface area contributed by atoms with E-state index in [0.29, 0.717) is 17.5 Å². The summed E-state index contributed by atoms with van der Waals surface area (Å²) >= 11 is 4.96. The Kier molecular flexibility index (Phi) is 6.45. The third-order valence-corrected chi connectivity index (χ3v) is 3.23. The van der Waals surface area contributed by atoms with Crippen molar-refractivity contribution in [2.24, 2.45) is 11.7 Å². The van der Waals surface area contributed by atoms with Crippen molar-refractivity contribution in [3.8, 4) is 0 Å². The van der Waals surface area contributed by atoms with Crippen LogP contribution in [0, 0.1) is 5.92 Å². The molecular formula is C15H23N3OS. The molecule has 0 aliphatic carbocycles. The molecule has 110 valence electrons. The van der Waals surface area contributed by atoms with Crippen molar-refractivity contribution in [1.29, 1.82) is 0 Å². The largest absolute Gasteiger partial charge is 0.389 e. The number of likely N-dealkylation sites (N-methyl/N-ethyl adjacent to an activating group) is 1. The minimum Gasteiger partial charge on any atom is -0.389 e. The minimum atomic E-state index is 0.0221. The number of nitrogens with one attached hydrogen (secondary N) is 1. The van der Waals surface area contributed by atoms with Gasteiger partial charge in [0.15, 0.2) is 0 Å². The Labute approximate surface area is 126 Å². The molecule has 3 N–H and O–H groups in total. The van der Waals surface area contributed by atoms with Gasteiger partial charge in [-0.1, -0.05) is 38.2 Å². The number of nitrogens with two attached hydrogens (primary N) is 1. The van der Waals surface area contributed by atoms with Crippen LogP contribution in [0.1, 0.15) is 25.8 Å². The van der Waals surface area contributed by atoms with E-state index in [4.69, 9.17) is 18.0 Å². The van der Waals surface area contributed by atoms with Crippen LogP contribution in [-0.4, -0.2) is 31.0 Å². The number of amides is 1. The van der Waals surface area contributed by atoms with Crippen LogP contribution in [0.2, 0.25) is 0 Å². The highest BCUT2D eigenvalue weighted by molar-refractivity contribution is 7.80. The zero-order valence-electron chi connectivity index (χ0n) is 12.3. The van der Waals surface area contributed by atoms with E-state index in [1.165, 1.54) is 0 Å². The summed E-state index contributed by atoms with van der Waals surface area (Å²) < 4.78 is 0. The van der Waals surface area contributed by atoms with Crippen LogP contribution in [0.3, 0.4) is 0 Å². The Balaban J connectivity index is 2.53. The van der Waals surface area contributed by atoms with E-state index in [9.17, 15) is 4.79 Å². The highest BCUT2D eigenvalue weighted by atomic mass is 32.1. The van der Waals surface area contributed by atoms with Crippen LogP contribution in [0.5, 0.6) is 0 Å². The van der Waals surface area contributed by atoms with Gasteiger partial charge in [0.2, 0.25) is 5.91 Å². The van der Waals surface area contributed by atoms with Gasteiger partial charge in [0.25, 0.3) is 0 Å². The molecule has 1 aromatic carbocycles. The molecule has 1 rings (SSSR count). The van der Waals surface area contributed by atoms with Gasteiger partial charge >= 0.3 is 0 Å². The van der Waals surface area contributed by atoms with Gasteiger partial charge in [-0.15, -0.1) is 0 Å². The monoisotopic (exact) mass is 293 g/mol. The number of anilines is 1. The van der Waals surface area contributed by atoms with Crippen molar-refractivity contribution < 1.29 is 4.79 Å². The normalized spacial score (nSPS) is 10.4. The summed E-state index contributed by atoms with van der Waals surface area (Å²) in [7, 11) is 1.88. The first-order chi connectivity index (χ1) is 9.40. The lowest BCUT2D eigenvalue weighted by Gasteiger charge is -2.19. The second kappa shape index (κ2) is 7.85. The lowest BCUT2D eigenvalue weighted by Crippen LogP contribution is -2.36.